The summed E-state index contributed by atoms with van der Waals surface area (Å²) < 4.78 is 11.0. The van der Waals surface area contributed by atoms with Crippen molar-refractivity contribution in [1.82, 2.24) is 0 Å². The van der Waals surface area contributed by atoms with E-state index in [0.717, 1.165) is 11.5 Å². The summed E-state index contributed by atoms with van der Waals surface area (Å²) in [6, 6.07) is 8.18. The van der Waals surface area contributed by atoms with E-state index < -0.39 is 0 Å². The molecule has 15 heavy (non-hydrogen) atoms. The first-order chi connectivity index (χ1) is 7.43. The van der Waals surface area contributed by atoms with Crippen LogP contribution in [0.5, 0.6) is 11.5 Å². The highest BCUT2D eigenvalue weighted by Gasteiger charge is 2.12. The van der Waals surface area contributed by atoms with Crippen molar-refractivity contribution >= 4 is 11.3 Å². The molecule has 1 aromatic heterocycles. The molecule has 0 N–H and O–H groups in total. The number of hydrogen-bond acceptors (Lipinski definition) is 3. The number of ether oxygens (including phenoxy) is 2. The Bertz CT molecular complexity index is 462. The first kappa shape index (κ1) is 8.80. The molecule has 2 aromatic rings. The fourth-order valence-electron chi connectivity index (χ4n) is 1.65. The Morgan fingerprint density at radius 1 is 0.933 bits per heavy atom. The average molecular weight is 218 g/mol. The van der Waals surface area contributed by atoms with E-state index in [-0.39, 0.29) is 0 Å². The Morgan fingerprint density at radius 3 is 2.60 bits per heavy atom. The fourth-order valence-corrected chi connectivity index (χ4v) is 2.32. The molecule has 0 bridgehead atoms. The standard InChI is InChI=1S/C12H10O2S/c1-2-11-12(14-5-4-13-11)7-9(1)10-3-6-15-8-10/h1-3,6-8H,4-5H2. The van der Waals surface area contributed by atoms with Crippen LogP contribution >= 0.6 is 11.3 Å². The summed E-state index contributed by atoms with van der Waals surface area (Å²) in [5.41, 5.74) is 2.41. The Kier molecular flexibility index (Phi) is 2.10. The first-order valence-electron chi connectivity index (χ1n) is 4.86. The monoisotopic (exact) mass is 218 g/mol. The lowest BCUT2D eigenvalue weighted by Gasteiger charge is -2.18. The predicted octanol–water partition coefficient (Wildman–Crippen LogP) is 3.19. The third kappa shape index (κ3) is 1.59. The highest BCUT2D eigenvalue weighted by Crippen LogP contribution is 2.34. The second kappa shape index (κ2) is 3.59. The second-order valence-electron chi connectivity index (χ2n) is 3.37. The van der Waals surface area contributed by atoms with Gasteiger partial charge >= 0.3 is 0 Å². The van der Waals surface area contributed by atoms with Gasteiger partial charge in [0.05, 0.1) is 0 Å². The van der Waals surface area contributed by atoms with Gasteiger partial charge < -0.3 is 9.47 Å². The van der Waals surface area contributed by atoms with Gasteiger partial charge in [0.15, 0.2) is 11.5 Å². The molecule has 76 valence electrons. The quantitative estimate of drug-likeness (QED) is 0.732. The molecule has 0 unspecified atom stereocenters. The lowest BCUT2D eigenvalue weighted by Crippen LogP contribution is -2.15. The van der Waals surface area contributed by atoms with Crippen molar-refractivity contribution in [3.05, 3.63) is 35.0 Å². The van der Waals surface area contributed by atoms with E-state index in [0.29, 0.717) is 13.2 Å². The molecular weight excluding hydrogens is 208 g/mol. The summed E-state index contributed by atoms with van der Waals surface area (Å²) in [5, 5.41) is 4.21. The van der Waals surface area contributed by atoms with Gasteiger partial charge in [-0.25, -0.2) is 0 Å². The molecule has 0 aliphatic carbocycles. The number of hydrogen-bond donors (Lipinski definition) is 0. The number of benzene rings is 1. The average Bonchev–Trinajstić information content (AvgIpc) is 2.82. The molecule has 0 fully saturated rings. The van der Waals surface area contributed by atoms with Gasteiger partial charge in [0.1, 0.15) is 13.2 Å². The van der Waals surface area contributed by atoms with Crippen molar-refractivity contribution in [3.63, 3.8) is 0 Å². The highest BCUT2D eigenvalue weighted by atomic mass is 32.1. The molecule has 0 radical (unpaired) electrons. The highest BCUT2D eigenvalue weighted by molar-refractivity contribution is 7.08. The van der Waals surface area contributed by atoms with Gasteiger partial charge in [-0.1, -0.05) is 6.07 Å². The van der Waals surface area contributed by atoms with E-state index in [1.807, 2.05) is 12.1 Å². The third-order valence-corrected chi connectivity index (χ3v) is 3.08. The molecule has 0 saturated carbocycles. The molecular formula is C12H10O2S. The van der Waals surface area contributed by atoms with E-state index in [9.17, 15) is 0 Å². The smallest absolute Gasteiger partial charge is 0.161 e. The van der Waals surface area contributed by atoms with Crippen molar-refractivity contribution < 1.29 is 9.47 Å². The molecule has 0 atom stereocenters. The van der Waals surface area contributed by atoms with Crippen LogP contribution in [0.15, 0.2) is 35.0 Å². The second-order valence-corrected chi connectivity index (χ2v) is 4.15. The molecule has 1 aliphatic heterocycles. The Labute approximate surface area is 92.1 Å². The van der Waals surface area contributed by atoms with Gasteiger partial charge in [0.2, 0.25) is 0 Å². The number of fused-ring (bicyclic) bond motifs is 1. The Balaban J connectivity index is 2.04. The maximum atomic E-state index is 5.54. The van der Waals surface area contributed by atoms with Crippen LogP contribution in [0.3, 0.4) is 0 Å². The SMILES string of the molecule is c1cc(-c2ccc3c(c2)OCCO3)cs1. The maximum absolute atomic E-state index is 5.54. The van der Waals surface area contributed by atoms with Gasteiger partial charge in [-0.15, -0.1) is 0 Å². The summed E-state index contributed by atoms with van der Waals surface area (Å²) in [4.78, 5) is 0. The third-order valence-electron chi connectivity index (χ3n) is 2.40. The van der Waals surface area contributed by atoms with Gasteiger partial charge in [0, 0.05) is 0 Å². The van der Waals surface area contributed by atoms with Crippen LogP contribution in [0.25, 0.3) is 11.1 Å². The van der Waals surface area contributed by atoms with Crippen molar-refractivity contribution in [2.24, 2.45) is 0 Å². The predicted molar refractivity (Wildman–Crippen MR) is 60.7 cm³/mol. The molecule has 3 rings (SSSR count). The van der Waals surface area contributed by atoms with Crippen LogP contribution in [0.4, 0.5) is 0 Å². The normalized spacial score (nSPS) is 13.9. The first-order valence-corrected chi connectivity index (χ1v) is 5.80. The van der Waals surface area contributed by atoms with E-state index in [1.165, 1.54) is 11.1 Å². The topological polar surface area (TPSA) is 18.5 Å². The molecule has 0 saturated heterocycles. The van der Waals surface area contributed by atoms with Crippen molar-refractivity contribution in [2.75, 3.05) is 13.2 Å². The summed E-state index contributed by atoms with van der Waals surface area (Å²) in [7, 11) is 0. The van der Waals surface area contributed by atoms with Crippen LogP contribution in [0.2, 0.25) is 0 Å². The summed E-state index contributed by atoms with van der Waals surface area (Å²) in [6.45, 7) is 1.28. The maximum Gasteiger partial charge on any atom is 0.161 e. The van der Waals surface area contributed by atoms with Crippen molar-refractivity contribution in [2.45, 2.75) is 0 Å². The molecule has 0 amide bonds. The lowest BCUT2D eigenvalue weighted by molar-refractivity contribution is 0.171. The number of rotatable bonds is 1. The van der Waals surface area contributed by atoms with Crippen LogP contribution in [0.1, 0.15) is 0 Å². The molecule has 3 heteroatoms. The minimum Gasteiger partial charge on any atom is -0.486 e. The minimum atomic E-state index is 0.639. The molecule has 1 aromatic carbocycles. The van der Waals surface area contributed by atoms with E-state index in [4.69, 9.17) is 9.47 Å². The van der Waals surface area contributed by atoms with E-state index in [2.05, 4.69) is 22.9 Å². The summed E-state index contributed by atoms with van der Waals surface area (Å²) >= 11 is 1.70. The van der Waals surface area contributed by atoms with E-state index >= 15 is 0 Å². The molecule has 1 aliphatic rings. The lowest BCUT2D eigenvalue weighted by atomic mass is 10.1. The van der Waals surface area contributed by atoms with E-state index in [1.54, 1.807) is 11.3 Å². The van der Waals surface area contributed by atoms with Gasteiger partial charge in [0.25, 0.3) is 0 Å². The number of thiophene rings is 1. The largest absolute Gasteiger partial charge is 0.486 e. The fraction of sp³-hybridized carbons (Fsp3) is 0.167. The van der Waals surface area contributed by atoms with Crippen LogP contribution in [0, 0.1) is 0 Å². The van der Waals surface area contributed by atoms with Crippen molar-refractivity contribution in [1.29, 1.82) is 0 Å². The zero-order valence-corrected chi connectivity index (χ0v) is 8.92. The summed E-state index contributed by atoms with van der Waals surface area (Å²) in [5.74, 6) is 1.70. The molecule has 0 spiro atoms. The van der Waals surface area contributed by atoms with Gasteiger partial charge in [-0.3, -0.25) is 0 Å². The van der Waals surface area contributed by atoms with Crippen LogP contribution in [-0.4, -0.2) is 13.2 Å². The molecule has 2 nitrogen and oxygen atoms in total. The van der Waals surface area contributed by atoms with Gasteiger partial charge in [-0.05, 0) is 40.1 Å². The van der Waals surface area contributed by atoms with Crippen LogP contribution in [-0.2, 0) is 0 Å². The minimum absolute atomic E-state index is 0.639. The Hall–Kier alpha value is -1.48. The summed E-state index contributed by atoms with van der Waals surface area (Å²) in [6.07, 6.45) is 0. The van der Waals surface area contributed by atoms with Crippen molar-refractivity contribution in [3.8, 4) is 22.6 Å². The van der Waals surface area contributed by atoms with Gasteiger partial charge in [-0.2, -0.15) is 11.3 Å². The Morgan fingerprint density at radius 2 is 1.80 bits per heavy atom. The molecule has 2 heterocycles. The zero-order valence-electron chi connectivity index (χ0n) is 8.10. The zero-order chi connectivity index (χ0) is 10.1. The van der Waals surface area contributed by atoms with Crippen LogP contribution < -0.4 is 9.47 Å².